The van der Waals surface area contributed by atoms with Gasteiger partial charge in [-0.1, -0.05) is 27.7 Å². The fraction of sp³-hybridized carbons (Fsp3) is 1.00. The van der Waals surface area contributed by atoms with Crippen LogP contribution in [0, 0.1) is 5.41 Å². The van der Waals surface area contributed by atoms with Gasteiger partial charge in [0.25, 0.3) is 0 Å². The van der Waals surface area contributed by atoms with E-state index in [0.717, 1.165) is 26.2 Å². The average molecular weight is 243 g/mol. The van der Waals surface area contributed by atoms with Crippen LogP contribution in [-0.2, 0) is 0 Å². The maximum Gasteiger partial charge on any atom is 0.0106 e. The first-order valence-corrected chi connectivity index (χ1v) is 6.86. The lowest BCUT2D eigenvalue weighted by Gasteiger charge is -2.34. The van der Waals surface area contributed by atoms with E-state index >= 15 is 0 Å². The number of hydrogen-bond acceptors (Lipinski definition) is 3. The van der Waals surface area contributed by atoms with Gasteiger partial charge < -0.3 is 15.1 Å². The van der Waals surface area contributed by atoms with Gasteiger partial charge in [0.15, 0.2) is 0 Å². The van der Waals surface area contributed by atoms with Crippen molar-refractivity contribution in [3.63, 3.8) is 0 Å². The van der Waals surface area contributed by atoms with Gasteiger partial charge in [-0.25, -0.2) is 0 Å². The first-order valence-electron chi connectivity index (χ1n) is 6.86. The minimum atomic E-state index is 0.380. The van der Waals surface area contributed by atoms with Gasteiger partial charge in [-0.3, -0.25) is 0 Å². The molecular weight excluding hydrogens is 210 g/mol. The molecule has 104 valence electrons. The van der Waals surface area contributed by atoms with E-state index in [2.05, 4.69) is 64.0 Å². The summed E-state index contributed by atoms with van der Waals surface area (Å²) in [6.45, 7) is 13.6. The third kappa shape index (κ3) is 8.58. The van der Waals surface area contributed by atoms with Crippen molar-refractivity contribution in [1.29, 1.82) is 0 Å². The van der Waals surface area contributed by atoms with E-state index in [4.69, 9.17) is 0 Å². The summed E-state index contributed by atoms with van der Waals surface area (Å²) in [4.78, 5) is 4.69. The summed E-state index contributed by atoms with van der Waals surface area (Å²) in [5, 5.41) is 3.57. The summed E-state index contributed by atoms with van der Waals surface area (Å²) in [5.41, 5.74) is 0.380. The topological polar surface area (TPSA) is 18.5 Å². The first kappa shape index (κ1) is 16.9. The molecule has 3 heteroatoms. The number of nitrogens with one attached hydrogen (secondary N) is 1. The molecular formula is C14H33N3. The van der Waals surface area contributed by atoms with Gasteiger partial charge in [-0.05, 0) is 33.0 Å². The quantitative estimate of drug-likeness (QED) is 0.667. The molecule has 0 saturated heterocycles. The molecule has 0 aliphatic rings. The Hall–Kier alpha value is -0.120. The van der Waals surface area contributed by atoms with E-state index < -0.39 is 0 Å². The number of likely N-dealkylation sites (N-methyl/N-ethyl adjacent to an activating group) is 2. The van der Waals surface area contributed by atoms with E-state index in [1.807, 2.05) is 0 Å². The highest BCUT2D eigenvalue weighted by molar-refractivity contribution is 4.79. The minimum absolute atomic E-state index is 0.380. The normalized spacial score (nSPS) is 15.9. The third-order valence-corrected chi connectivity index (χ3v) is 3.37. The number of rotatable bonds is 9. The lowest BCUT2D eigenvalue weighted by atomic mass is 9.86. The van der Waals surface area contributed by atoms with Crippen molar-refractivity contribution in [2.45, 2.75) is 40.2 Å². The Morgan fingerprint density at radius 1 is 1.12 bits per heavy atom. The summed E-state index contributed by atoms with van der Waals surface area (Å²) in [6.07, 6.45) is 1.22. The van der Waals surface area contributed by atoms with Crippen molar-refractivity contribution in [3.8, 4) is 0 Å². The molecule has 1 unspecified atom stereocenters. The summed E-state index contributed by atoms with van der Waals surface area (Å²) in [5.74, 6) is 0. The standard InChI is InChI=1S/C14H33N3/c1-8-14(4,11-15-13(2)3)12-17(7)10-9-16(5)6/h13,15H,8-12H2,1-7H3. The maximum atomic E-state index is 3.57. The Bertz CT molecular complexity index is 192. The van der Waals surface area contributed by atoms with E-state index in [9.17, 15) is 0 Å². The molecule has 1 N–H and O–H groups in total. The van der Waals surface area contributed by atoms with Crippen molar-refractivity contribution in [1.82, 2.24) is 15.1 Å². The molecule has 3 nitrogen and oxygen atoms in total. The molecule has 0 aromatic carbocycles. The summed E-state index contributed by atoms with van der Waals surface area (Å²) in [7, 11) is 6.49. The Labute approximate surface area is 109 Å². The fourth-order valence-electron chi connectivity index (χ4n) is 1.84. The Morgan fingerprint density at radius 2 is 1.71 bits per heavy atom. The molecule has 0 heterocycles. The second kappa shape index (κ2) is 8.06. The first-order chi connectivity index (χ1) is 7.79. The van der Waals surface area contributed by atoms with E-state index in [0.29, 0.717) is 11.5 Å². The lowest BCUT2D eigenvalue weighted by molar-refractivity contribution is 0.167. The van der Waals surface area contributed by atoms with Crippen LogP contribution in [-0.4, -0.2) is 63.2 Å². The molecule has 0 aromatic rings. The van der Waals surface area contributed by atoms with Crippen molar-refractivity contribution in [2.75, 3.05) is 47.3 Å². The molecule has 0 spiro atoms. The van der Waals surface area contributed by atoms with Crippen LogP contribution >= 0.6 is 0 Å². The lowest BCUT2D eigenvalue weighted by Crippen LogP contribution is -2.43. The predicted molar refractivity (Wildman–Crippen MR) is 77.6 cm³/mol. The fourth-order valence-corrected chi connectivity index (χ4v) is 1.84. The Balaban J connectivity index is 4.07. The van der Waals surface area contributed by atoms with Gasteiger partial charge in [0.2, 0.25) is 0 Å². The molecule has 0 bridgehead atoms. The number of nitrogens with zero attached hydrogens (tertiary/aromatic N) is 2. The van der Waals surface area contributed by atoms with Crippen LogP contribution in [0.1, 0.15) is 34.1 Å². The summed E-state index contributed by atoms with van der Waals surface area (Å²) >= 11 is 0. The van der Waals surface area contributed by atoms with E-state index in [-0.39, 0.29) is 0 Å². The molecule has 0 aliphatic carbocycles. The summed E-state index contributed by atoms with van der Waals surface area (Å²) < 4.78 is 0. The van der Waals surface area contributed by atoms with Crippen molar-refractivity contribution in [3.05, 3.63) is 0 Å². The van der Waals surface area contributed by atoms with Gasteiger partial charge >= 0.3 is 0 Å². The second-order valence-electron chi connectivity index (χ2n) is 6.24. The zero-order chi connectivity index (χ0) is 13.5. The van der Waals surface area contributed by atoms with Crippen LogP contribution in [0.2, 0.25) is 0 Å². The monoisotopic (exact) mass is 243 g/mol. The van der Waals surface area contributed by atoms with Crippen LogP contribution < -0.4 is 5.32 Å². The van der Waals surface area contributed by atoms with Crippen LogP contribution in [0.4, 0.5) is 0 Å². The molecule has 0 fully saturated rings. The molecule has 0 rings (SSSR count). The minimum Gasteiger partial charge on any atom is -0.314 e. The Kier molecular flexibility index (Phi) is 8.01. The predicted octanol–water partition coefficient (Wildman–Crippen LogP) is 1.89. The third-order valence-electron chi connectivity index (χ3n) is 3.37. The highest BCUT2D eigenvalue weighted by atomic mass is 15.2. The van der Waals surface area contributed by atoms with Crippen LogP contribution in [0.15, 0.2) is 0 Å². The molecule has 0 amide bonds. The largest absolute Gasteiger partial charge is 0.314 e. The molecule has 0 aliphatic heterocycles. The number of hydrogen-bond donors (Lipinski definition) is 1. The molecule has 0 saturated carbocycles. The van der Waals surface area contributed by atoms with Crippen LogP contribution in [0.25, 0.3) is 0 Å². The zero-order valence-corrected chi connectivity index (χ0v) is 13.0. The highest BCUT2D eigenvalue weighted by Crippen LogP contribution is 2.21. The van der Waals surface area contributed by atoms with Crippen LogP contribution in [0.5, 0.6) is 0 Å². The maximum absolute atomic E-state index is 3.57. The SMILES string of the molecule is CCC(C)(CNC(C)C)CN(C)CCN(C)C. The van der Waals surface area contributed by atoms with Crippen molar-refractivity contribution in [2.24, 2.45) is 5.41 Å². The highest BCUT2D eigenvalue weighted by Gasteiger charge is 2.23. The van der Waals surface area contributed by atoms with Gasteiger partial charge in [-0.2, -0.15) is 0 Å². The zero-order valence-electron chi connectivity index (χ0n) is 13.0. The molecule has 0 aromatic heterocycles. The molecule has 1 atom stereocenters. The molecule has 0 radical (unpaired) electrons. The second-order valence-corrected chi connectivity index (χ2v) is 6.24. The van der Waals surface area contributed by atoms with Gasteiger partial charge in [-0.15, -0.1) is 0 Å². The van der Waals surface area contributed by atoms with Gasteiger partial charge in [0.1, 0.15) is 0 Å². The van der Waals surface area contributed by atoms with Crippen molar-refractivity contribution >= 4 is 0 Å². The van der Waals surface area contributed by atoms with Gasteiger partial charge in [0.05, 0.1) is 0 Å². The van der Waals surface area contributed by atoms with E-state index in [1.54, 1.807) is 0 Å². The molecule has 17 heavy (non-hydrogen) atoms. The van der Waals surface area contributed by atoms with Gasteiger partial charge in [0, 0.05) is 32.2 Å². The average Bonchev–Trinajstić information content (AvgIpc) is 2.24. The summed E-state index contributed by atoms with van der Waals surface area (Å²) in [6, 6.07) is 0.577. The smallest absolute Gasteiger partial charge is 0.0106 e. The Morgan fingerprint density at radius 3 is 2.12 bits per heavy atom. The van der Waals surface area contributed by atoms with Crippen LogP contribution in [0.3, 0.4) is 0 Å². The van der Waals surface area contributed by atoms with Crippen molar-refractivity contribution < 1.29 is 0 Å². The van der Waals surface area contributed by atoms with E-state index in [1.165, 1.54) is 6.42 Å².